The zero-order valence-electron chi connectivity index (χ0n) is 9.81. The highest BCUT2D eigenvalue weighted by Gasteiger charge is 2.45. The van der Waals surface area contributed by atoms with E-state index in [1.54, 1.807) is 0 Å². The van der Waals surface area contributed by atoms with Gasteiger partial charge in [0.2, 0.25) is 11.8 Å². The summed E-state index contributed by atoms with van der Waals surface area (Å²) in [5.41, 5.74) is -1.23. The number of carbonyl (C=O) groups is 4. The summed E-state index contributed by atoms with van der Waals surface area (Å²) in [5, 5.41) is 10.9. The number of carbonyl (C=O) groups excluding carboxylic acids is 3. The third kappa shape index (κ3) is 2.27. The molecule has 1 saturated heterocycles. The normalized spacial score (nSPS) is 20.8. The zero-order chi connectivity index (χ0) is 13.4. The van der Waals surface area contributed by atoms with E-state index in [2.05, 4.69) is 5.32 Å². The van der Waals surface area contributed by atoms with Crippen molar-refractivity contribution >= 4 is 23.7 Å². The van der Waals surface area contributed by atoms with Gasteiger partial charge in [-0.05, 0) is 20.8 Å². The van der Waals surface area contributed by atoms with Gasteiger partial charge in [0.05, 0.1) is 0 Å². The number of imide groups is 1. The van der Waals surface area contributed by atoms with Crippen LogP contribution >= 0.6 is 0 Å². The van der Waals surface area contributed by atoms with Crippen molar-refractivity contribution < 1.29 is 24.3 Å². The van der Waals surface area contributed by atoms with E-state index in [0.29, 0.717) is 0 Å². The van der Waals surface area contributed by atoms with Crippen LogP contribution in [0.3, 0.4) is 0 Å². The van der Waals surface area contributed by atoms with Gasteiger partial charge < -0.3 is 10.0 Å². The molecule has 94 valence electrons. The van der Waals surface area contributed by atoms with Crippen LogP contribution in [0.5, 0.6) is 0 Å². The Morgan fingerprint density at radius 3 is 2.41 bits per heavy atom. The molecule has 17 heavy (non-hydrogen) atoms. The van der Waals surface area contributed by atoms with Crippen LogP contribution in [0.1, 0.15) is 20.8 Å². The highest BCUT2D eigenvalue weighted by molar-refractivity contribution is 6.08. The van der Waals surface area contributed by atoms with E-state index in [9.17, 15) is 19.2 Å². The van der Waals surface area contributed by atoms with Gasteiger partial charge in [-0.3, -0.25) is 24.5 Å². The number of nitrogens with one attached hydrogen (secondary N) is 1. The summed E-state index contributed by atoms with van der Waals surface area (Å²) < 4.78 is 0. The summed E-state index contributed by atoms with van der Waals surface area (Å²) in [6, 6.07) is 0. The molecule has 1 aliphatic heterocycles. The van der Waals surface area contributed by atoms with Gasteiger partial charge in [0.15, 0.2) is 0 Å². The number of piperazine rings is 1. The first-order valence-corrected chi connectivity index (χ1v) is 5.06. The number of hydrogen-bond donors (Lipinski definition) is 2. The molecule has 0 aromatic rings. The second kappa shape index (κ2) is 4.15. The Morgan fingerprint density at radius 1 is 1.41 bits per heavy atom. The second-order valence-electron chi connectivity index (χ2n) is 4.42. The molecule has 0 saturated carbocycles. The Labute approximate surface area is 97.8 Å². The molecule has 7 heteroatoms. The molecular weight excluding hydrogens is 228 g/mol. The zero-order valence-corrected chi connectivity index (χ0v) is 9.81. The summed E-state index contributed by atoms with van der Waals surface area (Å²) in [6.45, 7) is 3.83. The summed E-state index contributed by atoms with van der Waals surface area (Å²) in [5.74, 6) is -4.54. The van der Waals surface area contributed by atoms with Crippen molar-refractivity contribution in [3.05, 3.63) is 0 Å². The van der Waals surface area contributed by atoms with E-state index in [0.717, 1.165) is 4.90 Å². The predicted molar refractivity (Wildman–Crippen MR) is 55.7 cm³/mol. The Balaban J connectivity index is 3.02. The Bertz CT molecular complexity index is 402. The average Bonchev–Trinajstić information content (AvgIpc) is 2.21. The largest absolute Gasteiger partial charge is 0.481 e. The van der Waals surface area contributed by atoms with E-state index >= 15 is 0 Å². The van der Waals surface area contributed by atoms with Crippen LogP contribution in [0.2, 0.25) is 0 Å². The predicted octanol–water partition coefficient (Wildman–Crippen LogP) is -1.03. The summed E-state index contributed by atoms with van der Waals surface area (Å²) in [6.07, 6.45) is 0. The molecule has 0 spiro atoms. The lowest BCUT2D eigenvalue weighted by atomic mass is 9.96. The minimum absolute atomic E-state index is 0.310. The van der Waals surface area contributed by atoms with Gasteiger partial charge in [-0.2, -0.15) is 0 Å². The van der Waals surface area contributed by atoms with Crippen molar-refractivity contribution in [1.29, 1.82) is 0 Å². The van der Waals surface area contributed by atoms with Gasteiger partial charge in [0, 0.05) is 0 Å². The highest BCUT2D eigenvalue weighted by atomic mass is 16.4. The number of hydrogen-bond acceptors (Lipinski definition) is 4. The van der Waals surface area contributed by atoms with E-state index in [4.69, 9.17) is 5.11 Å². The molecule has 1 fully saturated rings. The summed E-state index contributed by atoms with van der Waals surface area (Å²) >= 11 is 0. The van der Waals surface area contributed by atoms with Crippen molar-refractivity contribution in [2.45, 2.75) is 26.3 Å². The number of aliphatic carboxylic acids is 1. The Kier molecular flexibility index (Phi) is 3.21. The lowest BCUT2D eigenvalue weighted by Gasteiger charge is -2.40. The fraction of sp³-hybridized carbons (Fsp3) is 0.600. The van der Waals surface area contributed by atoms with Gasteiger partial charge in [-0.1, -0.05) is 0 Å². The van der Waals surface area contributed by atoms with Crippen molar-refractivity contribution in [2.75, 3.05) is 6.54 Å². The van der Waals surface area contributed by atoms with Gasteiger partial charge in [-0.15, -0.1) is 0 Å². The second-order valence-corrected chi connectivity index (χ2v) is 4.42. The minimum Gasteiger partial charge on any atom is -0.481 e. The summed E-state index contributed by atoms with van der Waals surface area (Å²) in [7, 11) is 0. The smallest absolute Gasteiger partial charge is 0.315 e. The quantitative estimate of drug-likeness (QED) is 0.476. The monoisotopic (exact) mass is 242 g/mol. The lowest BCUT2D eigenvalue weighted by molar-refractivity contribution is -0.162. The number of amides is 3. The van der Waals surface area contributed by atoms with Gasteiger partial charge in [0.1, 0.15) is 18.0 Å². The molecule has 0 radical (unpaired) electrons. The molecule has 7 nitrogen and oxygen atoms in total. The average molecular weight is 242 g/mol. The SMILES string of the molecule is CC(C(=O)O)C(=O)N1CC(=O)NC(=O)C1(C)C. The third-order valence-electron chi connectivity index (χ3n) is 2.79. The van der Waals surface area contributed by atoms with E-state index in [-0.39, 0.29) is 6.54 Å². The highest BCUT2D eigenvalue weighted by Crippen LogP contribution is 2.20. The van der Waals surface area contributed by atoms with Crippen molar-refractivity contribution in [2.24, 2.45) is 5.92 Å². The van der Waals surface area contributed by atoms with Crippen LogP contribution in [0.15, 0.2) is 0 Å². The maximum Gasteiger partial charge on any atom is 0.315 e. The van der Waals surface area contributed by atoms with Crippen LogP contribution < -0.4 is 5.32 Å². The summed E-state index contributed by atoms with van der Waals surface area (Å²) in [4.78, 5) is 46.3. The molecular formula is C10H14N2O5. The molecule has 3 amide bonds. The van der Waals surface area contributed by atoms with Crippen molar-refractivity contribution in [3.63, 3.8) is 0 Å². The Hall–Kier alpha value is -1.92. The number of carboxylic acid groups (broad SMARTS) is 1. The standard InChI is InChI=1S/C10H14N2O5/c1-5(8(15)16)7(14)12-4-6(13)11-9(17)10(12,2)3/h5H,4H2,1-3H3,(H,15,16)(H,11,13,17). The first-order valence-electron chi connectivity index (χ1n) is 5.06. The van der Waals surface area contributed by atoms with Crippen molar-refractivity contribution in [3.8, 4) is 0 Å². The van der Waals surface area contributed by atoms with Crippen LogP contribution in [-0.4, -0.2) is 45.8 Å². The lowest BCUT2D eigenvalue weighted by Crippen LogP contribution is -2.66. The molecule has 1 rings (SSSR count). The van der Waals surface area contributed by atoms with Gasteiger partial charge in [0.25, 0.3) is 5.91 Å². The van der Waals surface area contributed by atoms with Crippen molar-refractivity contribution in [1.82, 2.24) is 10.2 Å². The van der Waals surface area contributed by atoms with E-state index in [1.807, 2.05) is 0 Å². The van der Waals surface area contributed by atoms with Gasteiger partial charge >= 0.3 is 5.97 Å². The molecule has 1 atom stereocenters. The maximum atomic E-state index is 11.9. The molecule has 0 aromatic heterocycles. The molecule has 1 heterocycles. The van der Waals surface area contributed by atoms with E-state index < -0.39 is 35.1 Å². The van der Waals surface area contributed by atoms with Gasteiger partial charge in [-0.25, -0.2) is 0 Å². The Morgan fingerprint density at radius 2 is 1.94 bits per heavy atom. The molecule has 0 aliphatic carbocycles. The molecule has 0 aromatic carbocycles. The van der Waals surface area contributed by atoms with Crippen LogP contribution in [-0.2, 0) is 19.2 Å². The minimum atomic E-state index is -1.29. The van der Waals surface area contributed by atoms with Crippen LogP contribution in [0.25, 0.3) is 0 Å². The topological polar surface area (TPSA) is 104 Å². The van der Waals surface area contributed by atoms with E-state index in [1.165, 1.54) is 20.8 Å². The fourth-order valence-electron chi connectivity index (χ4n) is 1.48. The molecule has 1 aliphatic rings. The first kappa shape index (κ1) is 13.1. The third-order valence-corrected chi connectivity index (χ3v) is 2.79. The van der Waals surface area contributed by atoms with Crippen LogP contribution in [0, 0.1) is 5.92 Å². The van der Waals surface area contributed by atoms with Crippen LogP contribution in [0.4, 0.5) is 0 Å². The first-order chi connectivity index (χ1) is 7.67. The molecule has 2 N–H and O–H groups in total. The number of nitrogens with zero attached hydrogens (tertiary/aromatic N) is 1. The maximum absolute atomic E-state index is 11.9. The number of carboxylic acids is 1. The molecule has 1 unspecified atom stereocenters. The molecule has 0 bridgehead atoms. The number of rotatable bonds is 2. The fourth-order valence-corrected chi connectivity index (χ4v) is 1.48.